The van der Waals surface area contributed by atoms with E-state index in [2.05, 4.69) is 52.0 Å². The molecule has 0 bridgehead atoms. The first-order valence-corrected chi connectivity index (χ1v) is 6.32. The van der Waals surface area contributed by atoms with Crippen LogP contribution in [0.1, 0.15) is 27.2 Å². The van der Waals surface area contributed by atoms with E-state index in [0.717, 1.165) is 17.4 Å². The molecule has 1 rings (SSSR count). The number of rotatable bonds is 6. The van der Waals surface area contributed by atoms with Gasteiger partial charge in [-0.15, -0.1) is 0 Å². The predicted octanol–water partition coefficient (Wildman–Crippen LogP) is 3.10. The maximum Gasteiger partial charge on any atom is 0.232 e. The van der Waals surface area contributed by atoms with Crippen LogP contribution in [0.2, 0.25) is 0 Å². The Morgan fingerprint density at radius 3 is 2.88 bits per heavy atom. The first kappa shape index (κ1) is 13.2. The van der Waals surface area contributed by atoms with Gasteiger partial charge in [0.1, 0.15) is 0 Å². The SMILES string of the molecule is CCCNc1ncc(Br)c(OCC(C)C)n1. The third-order valence-electron chi connectivity index (χ3n) is 1.80. The summed E-state index contributed by atoms with van der Waals surface area (Å²) in [6.45, 7) is 7.83. The van der Waals surface area contributed by atoms with Crippen molar-refractivity contribution in [3.8, 4) is 5.88 Å². The van der Waals surface area contributed by atoms with Crippen molar-refractivity contribution in [1.82, 2.24) is 9.97 Å². The quantitative estimate of drug-likeness (QED) is 0.873. The van der Waals surface area contributed by atoms with Crippen molar-refractivity contribution in [2.24, 2.45) is 5.92 Å². The molecule has 0 aliphatic rings. The van der Waals surface area contributed by atoms with E-state index in [1.165, 1.54) is 0 Å². The van der Waals surface area contributed by atoms with Gasteiger partial charge in [0.05, 0.1) is 17.3 Å². The molecule has 0 aliphatic heterocycles. The number of ether oxygens (including phenoxy) is 1. The number of halogens is 1. The predicted molar refractivity (Wildman–Crippen MR) is 68.8 cm³/mol. The van der Waals surface area contributed by atoms with Crippen molar-refractivity contribution in [3.05, 3.63) is 10.7 Å². The average Bonchev–Trinajstić information content (AvgIpc) is 2.26. The largest absolute Gasteiger partial charge is 0.476 e. The molecule has 0 aliphatic carbocycles. The van der Waals surface area contributed by atoms with Gasteiger partial charge in [-0.3, -0.25) is 0 Å². The molecule has 0 unspecified atom stereocenters. The number of anilines is 1. The molecule has 0 radical (unpaired) electrons. The van der Waals surface area contributed by atoms with Crippen LogP contribution in [0.3, 0.4) is 0 Å². The lowest BCUT2D eigenvalue weighted by Gasteiger charge is -2.10. The summed E-state index contributed by atoms with van der Waals surface area (Å²) in [5, 5.41) is 3.13. The monoisotopic (exact) mass is 287 g/mol. The summed E-state index contributed by atoms with van der Waals surface area (Å²) < 4.78 is 6.37. The second-order valence-electron chi connectivity index (χ2n) is 3.98. The topological polar surface area (TPSA) is 47.0 Å². The van der Waals surface area contributed by atoms with Gasteiger partial charge in [0.2, 0.25) is 11.8 Å². The summed E-state index contributed by atoms with van der Waals surface area (Å²) in [6, 6.07) is 0. The summed E-state index contributed by atoms with van der Waals surface area (Å²) in [4.78, 5) is 8.44. The van der Waals surface area contributed by atoms with Crippen molar-refractivity contribution in [3.63, 3.8) is 0 Å². The first-order valence-electron chi connectivity index (χ1n) is 5.52. The number of nitrogens with one attached hydrogen (secondary N) is 1. The van der Waals surface area contributed by atoms with Crippen molar-refractivity contribution in [2.45, 2.75) is 27.2 Å². The van der Waals surface area contributed by atoms with Crippen LogP contribution in [0, 0.1) is 5.92 Å². The normalized spacial score (nSPS) is 10.6. The summed E-state index contributed by atoms with van der Waals surface area (Å²) in [7, 11) is 0. The molecule has 0 amide bonds. The molecule has 1 N–H and O–H groups in total. The third-order valence-corrected chi connectivity index (χ3v) is 2.34. The lowest BCUT2D eigenvalue weighted by Crippen LogP contribution is -2.09. The zero-order valence-corrected chi connectivity index (χ0v) is 11.5. The van der Waals surface area contributed by atoms with Gasteiger partial charge in [0.15, 0.2) is 0 Å². The van der Waals surface area contributed by atoms with Gasteiger partial charge in [0, 0.05) is 6.54 Å². The van der Waals surface area contributed by atoms with Crippen LogP contribution in [0.5, 0.6) is 5.88 Å². The Labute approximate surface area is 105 Å². The van der Waals surface area contributed by atoms with E-state index in [-0.39, 0.29) is 0 Å². The minimum Gasteiger partial charge on any atom is -0.476 e. The maximum atomic E-state index is 5.58. The van der Waals surface area contributed by atoms with Crippen LogP contribution in [0.25, 0.3) is 0 Å². The summed E-state index contributed by atoms with van der Waals surface area (Å²) in [5.74, 6) is 1.69. The molecule has 0 spiro atoms. The minimum absolute atomic E-state index is 0.480. The van der Waals surface area contributed by atoms with Crippen molar-refractivity contribution in [1.29, 1.82) is 0 Å². The van der Waals surface area contributed by atoms with Gasteiger partial charge < -0.3 is 10.1 Å². The van der Waals surface area contributed by atoms with Gasteiger partial charge in [-0.05, 0) is 28.3 Å². The Morgan fingerprint density at radius 2 is 2.25 bits per heavy atom. The van der Waals surface area contributed by atoms with E-state index in [1.807, 2.05) is 0 Å². The zero-order chi connectivity index (χ0) is 12.0. The minimum atomic E-state index is 0.480. The number of aromatic nitrogens is 2. The molecular weight excluding hydrogens is 270 g/mol. The van der Waals surface area contributed by atoms with Crippen LogP contribution in [0.4, 0.5) is 5.95 Å². The molecule has 0 saturated heterocycles. The van der Waals surface area contributed by atoms with Crippen LogP contribution in [-0.2, 0) is 0 Å². The fraction of sp³-hybridized carbons (Fsp3) is 0.636. The molecule has 0 aromatic carbocycles. The van der Waals surface area contributed by atoms with Gasteiger partial charge >= 0.3 is 0 Å². The van der Waals surface area contributed by atoms with E-state index >= 15 is 0 Å². The first-order chi connectivity index (χ1) is 7.63. The Morgan fingerprint density at radius 1 is 1.50 bits per heavy atom. The Bertz CT molecular complexity index is 331. The zero-order valence-electron chi connectivity index (χ0n) is 9.96. The van der Waals surface area contributed by atoms with Gasteiger partial charge in [-0.2, -0.15) is 4.98 Å². The fourth-order valence-electron chi connectivity index (χ4n) is 1.02. The van der Waals surface area contributed by atoms with Gasteiger partial charge in [0.25, 0.3) is 0 Å². The molecular formula is C11H18BrN3O. The summed E-state index contributed by atoms with van der Waals surface area (Å²) in [5.41, 5.74) is 0. The van der Waals surface area contributed by atoms with E-state index in [4.69, 9.17) is 4.74 Å². The Hall–Kier alpha value is -0.840. The van der Waals surface area contributed by atoms with Gasteiger partial charge in [-0.1, -0.05) is 20.8 Å². The molecule has 90 valence electrons. The number of hydrogen-bond donors (Lipinski definition) is 1. The summed E-state index contributed by atoms with van der Waals surface area (Å²) in [6.07, 6.45) is 2.75. The molecule has 5 heteroatoms. The highest BCUT2D eigenvalue weighted by Crippen LogP contribution is 2.22. The molecule has 16 heavy (non-hydrogen) atoms. The maximum absolute atomic E-state index is 5.58. The van der Waals surface area contributed by atoms with Crippen LogP contribution in [-0.4, -0.2) is 23.1 Å². The third kappa shape index (κ3) is 4.35. The molecule has 0 fully saturated rings. The highest BCUT2D eigenvalue weighted by molar-refractivity contribution is 9.10. The molecule has 1 aromatic heterocycles. The lowest BCUT2D eigenvalue weighted by molar-refractivity contribution is 0.259. The van der Waals surface area contributed by atoms with Crippen LogP contribution < -0.4 is 10.1 Å². The van der Waals surface area contributed by atoms with Crippen molar-refractivity contribution in [2.75, 3.05) is 18.5 Å². The van der Waals surface area contributed by atoms with Gasteiger partial charge in [-0.25, -0.2) is 4.98 Å². The van der Waals surface area contributed by atoms with Crippen molar-refractivity contribution >= 4 is 21.9 Å². The lowest BCUT2D eigenvalue weighted by atomic mass is 10.2. The van der Waals surface area contributed by atoms with Crippen molar-refractivity contribution < 1.29 is 4.74 Å². The second-order valence-corrected chi connectivity index (χ2v) is 4.83. The van der Waals surface area contributed by atoms with E-state index in [0.29, 0.717) is 24.4 Å². The van der Waals surface area contributed by atoms with Crippen LogP contribution >= 0.6 is 15.9 Å². The molecule has 1 heterocycles. The fourth-order valence-corrected chi connectivity index (χ4v) is 1.33. The number of nitrogens with zero attached hydrogens (tertiary/aromatic N) is 2. The molecule has 0 saturated carbocycles. The average molecular weight is 288 g/mol. The van der Waals surface area contributed by atoms with Crippen LogP contribution in [0.15, 0.2) is 10.7 Å². The Kier molecular flexibility index (Phi) is 5.52. The smallest absolute Gasteiger partial charge is 0.232 e. The highest BCUT2D eigenvalue weighted by atomic mass is 79.9. The van der Waals surface area contributed by atoms with E-state index < -0.39 is 0 Å². The molecule has 4 nitrogen and oxygen atoms in total. The number of hydrogen-bond acceptors (Lipinski definition) is 4. The molecule has 0 atom stereocenters. The summed E-state index contributed by atoms with van der Waals surface area (Å²) >= 11 is 3.37. The molecule has 1 aromatic rings. The Balaban J connectivity index is 2.66. The highest BCUT2D eigenvalue weighted by Gasteiger charge is 2.06. The standard InChI is InChI=1S/C11H18BrN3O/c1-4-5-13-11-14-6-9(12)10(15-11)16-7-8(2)3/h6,8H,4-5,7H2,1-3H3,(H,13,14,15). The van der Waals surface area contributed by atoms with E-state index in [1.54, 1.807) is 6.20 Å². The van der Waals surface area contributed by atoms with E-state index in [9.17, 15) is 0 Å². The second kappa shape index (κ2) is 6.68.